The Morgan fingerprint density at radius 1 is 1.40 bits per heavy atom. The number of thiophene rings is 1. The van der Waals surface area contributed by atoms with Gasteiger partial charge in [-0.15, -0.1) is 23.7 Å². The van der Waals surface area contributed by atoms with Gasteiger partial charge in [0.2, 0.25) is 0 Å². The summed E-state index contributed by atoms with van der Waals surface area (Å²) in [6, 6.07) is 7.94. The third kappa shape index (κ3) is 5.76. The highest BCUT2D eigenvalue weighted by atomic mass is 35.5. The highest BCUT2D eigenvalue weighted by Gasteiger charge is 2.16. The second-order valence-electron chi connectivity index (χ2n) is 5.74. The summed E-state index contributed by atoms with van der Waals surface area (Å²) in [7, 11) is 1.63. The number of rotatable bonds is 8. The van der Waals surface area contributed by atoms with Crippen LogP contribution in [0.3, 0.4) is 0 Å². The molecule has 3 rings (SSSR count). The van der Waals surface area contributed by atoms with Gasteiger partial charge in [-0.25, -0.2) is 0 Å². The van der Waals surface area contributed by atoms with E-state index in [1.807, 2.05) is 29.6 Å². The highest BCUT2D eigenvalue weighted by molar-refractivity contribution is 7.09. The summed E-state index contributed by atoms with van der Waals surface area (Å²) < 4.78 is 16.9. The van der Waals surface area contributed by atoms with E-state index in [2.05, 4.69) is 5.32 Å². The second kappa shape index (κ2) is 10.2. The van der Waals surface area contributed by atoms with Crippen molar-refractivity contribution in [3.63, 3.8) is 0 Å². The third-order valence-electron chi connectivity index (χ3n) is 3.95. The molecular formula is C18H23Cl2NO3S. The maximum Gasteiger partial charge on any atom is 0.180 e. The molecule has 1 fully saturated rings. The molecule has 0 aliphatic carbocycles. The van der Waals surface area contributed by atoms with Crippen LogP contribution in [0.25, 0.3) is 0 Å². The maximum absolute atomic E-state index is 6.41. The summed E-state index contributed by atoms with van der Waals surface area (Å²) in [6.07, 6.45) is 2.62. The molecule has 1 atom stereocenters. The zero-order chi connectivity index (χ0) is 16.8. The van der Waals surface area contributed by atoms with E-state index in [1.165, 1.54) is 0 Å². The Morgan fingerprint density at radius 3 is 2.96 bits per heavy atom. The molecule has 1 N–H and O–H groups in total. The third-order valence-corrected chi connectivity index (χ3v) is 5.08. The van der Waals surface area contributed by atoms with Crippen LogP contribution in [0, 0.1) is 0 Å². The number of hydrogen-bond donors (Lipinski definition) is 1. The first-order valence-electron chi connectivity index (χ1n) is 8.10. The van der Waals surface area contributed by atoms with Crippen LogP contribution in [0.2, 0.25) is 5.02 Å². The molecule has 2 aromatic rings. The van der Waals surface area contributed by atoms with Gasteiger partial charge in [0.05, 0.1) is 18.2 Å². The van der Waals surface area contributed by atoms with E-state index < -0.39 is 0 Å². The summed E-state index contributed by atoms with van der Waals surface area (Å²) in [5.41, 5.74) is 1.07. The molecule has 1 saturated heterocycles. The predicted molar refractivity (Wildman–Crippen MR) is 105 cm³/mol. The van der Waals surface area contributed by atoms with Crippen molar-refractivity contribution in [3.8, 4) is 11.5 Å². The summed E-state index contributed by atoms with van der Waals surface area (Å²) >= 11 is 8.06. The van der Waals surface area contributed by atoms with Crippen LogP contribution in [-0.2, 0) is 17.9 Å². The van der Waals surface area contributed by atoms with Crippen LogP contribution in [0.4, 0.5) is 0 Å². The molecule has 0 radical (unpaired) electrons. The molecule has 1 unspecified atom stereocenters. The van der Waals surface area contributed by atoms with Crippen LogP contribution in [-0.4, -0.2) is 26.4 Å². The molecule has 1 aliphatic rings. The van der Waals surface area contributed by atoms with E-state index in [4.69, 9.17) is 25.8 Å². The Labute approximate surface area is 163 Å². The number of hydrogen-bond acceptors (Lipinski definition) is 5. The molecule has 138 valence electrons. The van der Waals surface area contributed by atoms with Crippen molar-refractivity contribution >= 4 is 35.3 Å². The van der Waals surface area contributed by atoms with E-state index in [0.29, 0.717) is 29.2 Å². The van der Waals surface area contributed by atoms with Crippen molar-refractivity contribution in [1.29, 1.82) is 0 Å². The van der Waals surface area contributed by atoms with Gasteiger partial charge >= 0.3 is 0 Å². The van der Waals surface area contributed by atoms with Gasteiger partial charge in [-0.3, -0.25) is 0 Å². The fourth-order valence-electron chi connectivity index (χ4n) is 2.74. The lowest BCUT2D eigenvalue weighted by molar-refractivity contribution is 0.110. The fraction of sp³-hybridized carbons (Fsp3) is 0.444. The van der Waals surface area contributed by atoms with Crippen molar-refractivity contribution in [2.75, 3.05) is 20.3 Å². The SMILES string of the molecule is COc1cc(CNCC2CCCO2)cc(Cl)c1OCc1cccs1.Cl. The van der Waals surface area contributed by atoms with Gasteiger partial charge in [0.1, 0.15) is 6.61 Å². The van der Waals surface area contributed by atoms with Crippen LogP contribution < -0.4 is 14.8 Å². The van der Waals surface area contributed by atoms with Crippen molar-refractivity contribution in [2.24, 2.45) is 0 Å². The second-order valence-corrected chi connectivity index (χ2v) is 7.18. The first-order valence-corrected chi connectivity index (χ1v) is 9.36. The molecule has 0 amide bonds. The molecular weight excluding hydrogens is 381 g/mol. The van der Waals surface area contributed by atoms with Gasteiger partial charge in [0.25, 0.3) is 0 Å². The predicted octanol–water partition coefficient (Wildman–Crippen LogP) is 4.68. The minimum atomic E-state index is 0. The summed E-state index contributed by atoms with van der Waals surface area (Å²) in [6.45, 7) is 2.95. The monoisotopic (exact) mass is 403 g/mol. The Kier molecular flexibility index (Phi) is 8.33. The van der Waals surface area contributed by atoms with Crippen molar-refractivity contribution < 1.29 is 14.2 Å². The number of halogens is 2. The number of nitrogens with one attached hydrogen (secondary N) is 1. The largest absolute Gasteiger partial charge is 0.493 e. The smallest absolute Gasteiger partial charge is 0.180 e. The average molecular weight is 404 g/mol. The molecule has 1 aromatic heterocycles. The number of ether oxygens (including phenoxy) is 3. The molecule has 4 nitrogen and oxygen atoms in total. The van der Waals surface area contributed by atoms with E-state index in [-0.39, 0.29) is 12.4 Å². The van der Waals surface area contributed by atoms with E-state index in [9.17, 15) is 0 Å². The lowest BCUT2D eigenvalue weighted by atomic mass is 10.2. The van der Waals surface area contributed by atoms with Gasteiger partial charge in [0, 0.05) is 24.6 Å². The van der Waals surface area contributed by atoms with Gasteiger partial charge in [-0.1, -0.05) is 17.7 Å². The van der Waals surface area contributed by atoms with Crippen LogP contribution in [0.5, 0.6) is 11.5 Å². The van der Waals surface area contributed by atoms with Crippen LogP contribution in [0.1, 0.15) is 23.3 Å². The molecule has 2 heterocycles. The lowest BCUT2D eigenvalue weighted by Crippen LogP contribution is -2.25. The van der Waals surface area contributed by atoms with E-state index >= 15 is 0 Å². The Balaban J connectivity index is 0.00000225. The summed E-state index contributed by atoms with van der Waals surface area (Å²) in [4.78, 5) is 1.15. The van der Waals surface area contributed by atoms with Gasteiger partial charge in [-0.2, -0.15) is 0 Å². The summed E-state index contributed by atoms with van der Waals surface area (Å²) in [5, 5.41) is 6.02. The van der Waals surface area contributed by atoms with E-state index in [0.717, 1.165) is 43.0 Å². The first kappa shape index (κ1) is 20.3. The van der Waals surface area contributed by atoms with Gasteiger partial charge < -0.3 is 19.5 Å². The maximum atomic E-state index is 6.41. The highest BCUT2D eigenvalue weighted by Crippen LogP contribution is 2.37. The minimum absolute atomic E-state index is 0. The van der Waals surface area contributed by atoms with Crippen molar-refractivity contribution in [2.45, 2.75) is 32.1 Å². The molecule has 0 bridgehead atoms. The molecule has 7 heteroatoms. The van der Waals surface area contributed by atoms with Crippen molar-refractivity contribution in [3.05, 3.63) is 45.1 Å². The standard InChI is InChI=1S/C18H22ClNO3S.ClH/c1-21-17-9-13(10-20-11-14-4-2-6-22-14)8-16(19)18(17)23-12-15-5-3-7-24-15;/h3,5,7-9,14,20H,2,4,6,10-12H2,1H3;1H. The first-order chi connectivity index (χ1) is 11.8. The topological polar surface area (TPSA) is 39.7 Å². The quantitative estimate of drug-likeness (QED) is 0.694. The normalized spacial score (nSPS) is 16.5. The molecule has 0 spiro atoms. The molecule has 1 aromatic carbocycles. The van der Waals surface area contributed by atoms with Gasteiger partial charge in [-0.05, 0) is 42.0 Å². The number of benzene rings is 1. The summed E-state index contributed by atoms with van der Waals surface area (Å²) in [5.74, 6) is 1.25. The van der Waals surface area contributed by atoms with Crippen LogP contribution >= 0.6 is 35.3 Å². The van der Waals surface area contributed by atoms with Crippen molar-refractivity contribution in [1.82, 2.24) is 5.32 Å². The number of methoxy groups -OCH3 is 1. The molecule has 25 heavy (non-hydrogen) atoms. The van der Waals surface area contributed by atoms with Gasteiger partial charge in [0.15, 0.2) is 11.5 Å². The average Bonchev–Trinajstić information content (AvgIpc) is 3.27. The minimum Gasteiger partial charge on any atom is -0.493 e. The zero-order valence-corrected chi connectivity index (χ0v) is 16.5. The van der Waals surface area contributed by atoms with Crippen LogP contribution in [0.15, 0.2) is 29.6 Å². The lowest BCUT2D eigenvalue weighted by Gasteiger charge is -2.15. The Morgan fingerprint density at radius 2 is 2.28 bits per heavy atom. The zero-order valence-electron chi connectivity index (χ0n) is 14.1. The Hall–Kier alpha value is -0.980. The Bertz CT molecular complexity index is 646. The van der Waals surface area contributed by atoms with E-state index in [1.54, 1.807) is 18.4 Å². The molecule has 0 saturated carbocycles. The fourth-order valence-corrected chi connectivity index (χ4v) is 3.64. The molecule has 1 aliphatic heterocycles.